The van der Waals surface area contributed by atoms with Crippen molar-refractivity contribution in [2.75, 3.05) is 26.8 Å². The van der Waals surface area contributed by atoms with Gasteiger partial charge in [0, 0.05) is 20.2 Å². The summed E-state index contributed by atoms with van der Waals surface area (Å²) in [5.41, 5.74) is 5.55. The number of allylic oxidation sites excluding steroid dienone is 6. The van der Waals surface area contributed by atoms with E-state index in [0.717, 1.165) is 45.2 Å². The van der Waals surface area contributed by atoms with Gasteiger partial charge in [-0.2, -0.15) is 0 Å². The minimum atomic E-state index is 0.160. The maximum atomic E-state index is 10.1. The molecular formula is C23H37BN3O2. The lowest BCUT2D eigenvalue weighted by atomic mass is 9.62. The topological polar surface area (TPSA) is 66.2 Å². The molecule has 0 heterocycles. The van der Waals surface area contributed by atoms with Crippen molar-refractivity contribution in [3.63, 3.8) is 0 Å². The standard InChI is InChI=1S/C23H37BN3O2/c1-6-9-22(28)23(27-17-25-5)26-14-13-24-21-11-10-19(12-15-29-8-3)16-18(4)20(21)7-2/h9-11,17,28H,6-8,12-16H2,1-5H3,(H,25,26,27)/b22-9-. The Hall–Kier alpha value is -2.08. The van der Waals surface area contributed by atoms with Gasteiger partial charge in [0.1, 0.15) is 0 Å². The zero-order chi connectivity index (χ0) is 21.5. The minimum Gasteiger partial charge on any atom is -0.504 e. The third-order valence-corrected chi connectivity index (χ3v) is 4.71. The lowest BCUT2D eigenvalue weighted by Gasteiger charge is -2.13. The molecule has 5 nitrogen and oxygen atoms in total. The molecule has 0 aliphatic heterocycles. The first-order valence-electron chi connectivity index (χ1n) is 10.7. The van der Waals surface area contributed by atoms with E-state index in [2.05, 4.69) is 48.6 Å². The average molecular weight is 398 g/mol. The Bertz CT molecular complexity index is 688. The molecular weight excluding hydrogens is 361 g/mol. The largest absolute Gasteiger partial charge is 0.504 e. The van der Waals surface area contributed by atoms with Gasteiger partial charge in [0.25, 0.3) is 0 Å². The molecule has 0 bridgehead atoms. The van der Waals surface area contributed by atoms with Gasteiger partial charge >= 0.3 is 0 Å². The predicted molar refractivity (Wildman–Crippen MR) is 126 cm³/mol. The van der Waals surface area contributed by atoms with Gasteiger partial charge in [-0.15, -0.1) is 0 Å². The Morgan fingerprint density at radius 3 is 2.76 bits per heavy atom. The molecule has 0 saturated carbocycles. The number of aliphatic hydroxyl groups is 1. The van der Waals surface area contributed by atoms with Crippen LogP contribution >= 0.6 is 0 Å². The molecule has 6 heteroatoms. The normalized spacial score (nSPS) is 16.0. The van der Waals surface area contributed by atoms with Crippen molar-refractivity contribution in [1.82, 2.24) is 5.32 Å². The first kappa shape index (κ1) is 25.0. The highest BCUT2D eigenvalue weighted by atomic mass is 16.5. The third-order valence-electron chi connectivity index (χ3n) is 4.71. The van der Waals surface area contributed by atoms with Gasteiger partial charge in [-0.3, -0.25) is 9.98 Å². The van der Waals surface area contributed by atoms with Crippen molar-refractivity contribution in [3.05, 3.63) is 46.2 Å². The number of amidine groups is 1. The second-order valence-corrected chi connectivity index (χ2v) is 6.94. The summed E-state index contributed by atoms with van der Waals surface area (Å²) in [7, 11) is 3.93. The van der Waals surface area contributed by atoms with E-state index < -0.39 is 0 Å². The third kappa shape index (κ3) is 9.31. The second kappa shape index (κ2) is 14.9. The van der Waals surface area contributed by atoms with E-state index in [1.54, 1.807) is 13.1 Å². The Kier molecular flexibility index (Phi) is 12.8. The van der Waals surface area contributed by atoms with Gasteiger partial charge in [-0.25, -0.2) is 0 Å². The Balaban J connectivity index is 2.80. The smallest absolute Gasteiger partial charge is 0.168 e. The van der Waals surface area contributed by atoms with E-state index in [1.807, 2.05) is 13.8 Å². The van der Waals surface area contributed by atoms with E-state index in [-0.39, 0.29) is 5.76 Å². The summed E-state index contributed by atoms with van der Waals surface area (Å²) in [5, 5.41) is 13.1. The second-order valence-electron chi connectivity index (χ2n) is 6.94. The highest BCUT2D eigenvalue weighted by molar-refractivity contribution is 6.47. The molecule has 0 atom stereocenters. The van der Waals surface area contributed by atoms with Gasteiger partial charge < -0.3 is 15.2 Å². The fraction of sp³-hybridized carbons (Fsp3) is 0.565. The lowest BCUT2D eigenvalue weighted by Crippen LogP contribution is -2.24. The molecule has 0 spiro atoms. The number of rotatable bonds is 12. The predicted octanol–water partition coefficient (Wildman–Crippen LogP) is 4.97. The van der Waals surface area contributed by atoms with E-state index >= 15 is 0 Å². The SMILES string of the molecule is CC/C=C(\O)C(=NCC[B]C1=CC=C(CCOCC)CC(C)=C1CC)NC=NC. The van der Waals surface area contributed by atoms with Crippen LogP contribution in [-0.2, 0) is 4.74 Å². The highest BCUT2D eigenvalue weighted by Crippen LogP contribution is 2.28. The Morgan fingerprint density at radius 2 is 2.10 bits per heavy atom. The fourth-order valence-electron chi connectivity index (χ4n) is 3.29. The van der Waals surface area contributed by atoms with Crippen LogP contribution in [0.15, 0.2) is 56.2 Å². The average Bonchev–Trinajstić information content (AvgIpc) is 2.85. The van der Waals surface area contributed by atoms with Crippen LogP contribution in [0.3, 0.4) is 0 Å². The molecule has 0 saturated heterocycles. The molecule has 29 heavy (non-hydrogen) atoms. The molecule has 1 rings (SSSR count). The lowest BCUT2D eigenvalue weighted by molar-refractivity contribution is 0.150. The molecule has 1 aliphatic carbocycles. The van der Waals surface area contributed by atoms with Crippen LogP contribution in [0.4, 0.5) is 0 Å². The molecule has 0 aromatic rings. The summed E-state index contributed by atoms with van der Waals surface area (Å²) in [6.07, 6.45) is 12.3. The minimum absolute atomic E-state index is 0.160. The van der Waals surface area contributed by atoms with E-state index in [0.29, 0.717) is 12.4 Å². The first-order valence-corrected chi connectivity index (χ1v) is 10.7. The summed E-state index contributed by atoms with van der Waals surface area (Å²) in [4.78, 5) is 8.41. The first-order chi connectivity index (χ1) is 14.1. The van der Waals surface area contributed by atoms with Crippen LogP contribution in [0.2, 0.25) is 6.32 Å². The van der Waals surface area contributed by atoms with E-state index in [4.69, 9.17) is 4.74 Å². The molecule has 1 radical (unpaired) electrons. The maximum absolute atomic E-state index is 10.1. The van der Waals surface area contributed by atoms with Crippen LogP contribution < -0.4 is 5.32 Å². The van der Waals surface area contributed by atoms with Crippen LogP contribution in [0, 0.1) is 0 Å². The molecule has 0 amide bonds. The van der Waals surface area contributed by atoms with Crippen molar-refractivity contribution in [1.29, 1.82) is 0 Å². The van der Waals surface area contributed by atoms with Crippen molar-refractivity contribution >= 4 is 19.5 Å². The van der Waals surface area contributed by atoms with Crippen molar-refractivity contribution in [2.45, 2.75) is 59.7 Å². The van der Waals surface area contributed by atoms with Gasteiger partial charge in [-0.05, 0) is 45.6 Å². The zero-order valence-corrected chi connectivity index (χ0v) is 18.8. The molecule has 1 aliphatic rings. The van der Waals surface area contributed by atoms with Crippen LogP contribution in [0.1, 0.15) is 53.4 Å². The maximum Gasteiger partial charge on any atom is 0.168 e. The van der Waals surface area contributed by atoms with Gasteiger partial charge in [0.05, 0.1) is 12.9 Å². The summed E-state index contributed by atoms with van der Waals surface area (Å²) >= 11 is 0. The van der Waals surface area contributed by atoms with Gasteiger partial charge in [0.15, 0.2) is 18.9 Å². The number of hydrogen-bond donors (Lipinski definition) is 2. The number of aliphatic imine (C=N–C) groups is 2. The van der Waals surface area contributed by atoms with E-state index in [9.17, 15) is 5.11 Å². The Morgan fingerprint density at radius 1 is 1.31 bits per heavy atom. The van der Waals surface area contributed by atoms with Crippen molar-refractivity contribution < 1.29 is 9.84 Å². The van der Waals surface area contributed by atoms with Gasteiger partial charge in [0.2, 0.25) is 0 Å². The fourth-order valence-corrected chi connectivity index (χ4v) is 3.29. The zero-order valence-electron chi connectivity index (χ0n) is 18.8. The molecule has 2 N–H and O–H groups in total. The van der Waals surface area contributed by atoms with E-state index in [1.165, 1.54) is 28.5 Å². The quantitative estimate of drug-likeness (QED) is 0.160. The number of nitrogens with one attached hydrogen (secondary N) is 1. The Labute approximate surface area is 177 Å². The van der Waals surface area contributed by atoms with Crippen LogP contribution in [-0.4, -0.2) is 51.4 Å². The molecule has 0 unspecified atom stereocenters. The number of nitrogens with zero attached hydrogens (tertiary/aromatic N) is 2. The molecule has 159 valence electrons. The molecule has 0 aromatic heterocycles. The number of ether oxygens (including phenoxy) is 1. The van der Waals surface area contributed by atoms with Crippen LogP contribution in [0.25, 0.3) is 0 Å². The monoisotopic (exact) mass is 398 g/mol. The number of hydrogen-bond acceptors (Lipinski definition) is 4. The summed E-state index contributed by atoms with van der Waals surface area (Å²) in [5.74, 6) is 0.620. The van der Waals surface area contributed by atoms with Crippen molar-refractivity contribution in [3.8, 4) is 0 Å². The van der Waals surface area contributed by atoms with Crippen molar-refractivity contribution in [2.24, 2.45) is 9.98 Å². The molecule has 0 aromatic carbocycles. The van der Waals surface area contributed by atoms with Crippen LogP contribution in [0.5, 0.6) is 0 Å². The summed E-state index contributed by atoms with van der Waals surface area (Å²) in [6.45, 7) is 10.6. The van der Waals surface area contributed by atoms with Gasteiger partial charge in [-0.1, -0.05) is 54.5 Å². The molecule has 0 fully saturated rings. The number of aliphatic hydroxyl groups excluding tert-OH is 1. The summed E-state index contributed by atoms with van der Waals surface area (Å²) < 4.78 is 5.52. The summed E-state index contributed by atoms with van der Waals surface area (Å²) in [6, 6.07) is 0. The highest BCUT2D eigenvalue weighted by Gasteiger charge is 2.13.